The van der Waals surface area contributed by atoms with Crippen LogP contribution in [0.4, 0.5) is 8.78 Å². The molecule has 0 saturated carbocycles. The Labute approximate surface area is 144 Å². The second kappa shape index (κ2) is 7.03. The highest BCUT2D eigenvalue weighted by Crippen LogP contribution is 2.30. The summed E-state index contributed by atoms with van der Waals surface area (Å²) in [5.74, 6) is -0.873. The zero-order valence-corrected chi connectivity index (χ0v) is 14.0. The van der Waals surface area contributed by atoms with E-state index in [0.29, 0.717) is 5.56 Å². The van der Waals surface area contributed by atoms with Crippen molar-refractivity contribution in [1.82, 2.24) is 9.78 Å². The topological polar surface area (TPSA) is 53.1 Å². The van der Waals surface area contributed by atoms with Crippen LogP contribution in [0.15, 0.2) is 48.5 Å². The van der Waals surface area contributed by atoms with Crippen LogP contribution in [0.2, 0.25) is 0 Å². The second-order valence-corrected chi connectivity index (χ2v) is 5.76. The summed E-state index contributed by atoms with van der Waals surface area (Å²) in [7, 11) is 3.39. The van der Waals surface area contributed by atoms with Crippen molar-refractivity contribution in [2.45, 2.75) is 5.92 Å². The highest BCUT2D eigenvalue weighted by atomic mass is 19.1. The van der Waals surface area contributed by atoms with Gasteiger partial charge in [0.25, 0.3) is 0 Å². The SMILES string of the molecule is COc1ccc(-c2cc(C(CN)c3ccc(F)cc3F)n(C)n2)cc1. The smallest absolute Gasteiger partial charge is 0.130 e. The van der Waals surface area contributed by atoms with Crippen LogP contribution in [0, 0.1) is 11.6 Å². The number of hydrogen-bond acceptors (Lipinski definition) is 3. The molecule has 0 radical (unpaired) electrons. The predicted molar refractivity (Wildman–Crippen MR) is 92.5 cm³/mol. The van der Waals surface area contributed by atoms with Gasteiger partial charge in [0.05, 0.1) is 12.8 Å². The van der Waals surface area contributed by atoms with Crippen molar-refractivity contribution in [1.29, 1.82) is 0 Å². The average Bonchev–Trinajstić information content (AvgIpc) is 2.99. The number of hydrogen-bond donors (Lipinski definition) is 1. The highest BCUT2D eigenvalue weighted by Gasteiger charge is 2.21. The molecule has 0 bridgehead atoms. The number of benzene rings is 2. The van der Waals surface area contributed by atoms with E-state index in [1.54, 1.807) is 18.8 Å². The number of nitrogens with zero attached hydrogens (tertiary/aromatic N) is 2. The second-order valence-electron chi connectivity index (χ2n) is 5.76. The van der Waals surface area contributed by atoms with Crippen molar-refractivity contribution in [3.8, 4) is 17.0 Å². The molecule has 0 aliphatic carbocycles. The van der Waals surface area contributed by atoms with E-state index < -0.39 is 17.6 Å². The Morgan fingerprint density at radius 2 is 1.84 bits per heavy atom. The molecule has 6 heteroatoms. The standard InChI is InChI=1S/C19H19F2N3O/c1-24-19(16(11-22)15-8-5-13(20)9-17(15)21)10-18(23-24)12-3-6-14(25-2)7-4-12/h3-10,16H,11,22H2,1-2H3. The first-order valence-electron chi connectivity index (χ1n) is 7.87. The maximum Gasteiger partial charge on any atom is 0.130 e. The van der Waals surface area contributed by atoms with E-state index in [-0.39, 0.29) is 6.54 Å². The fourth-order valence-corrected chi connectivity index (χ4v) is 2.90. The van der Waals surface area contributed by atoms with Crippen LogP contribution in [-0.4, -0.2) is 23.4 Å². The van der Waals surface area contributed by atoms with Gasteiger partial charge in [-0.2, -0.15) is 5.10 Å². The number of halogens is 2. The van der Waals surface area contributed by atoms with Gasteiger partial charge in [0.2, 0.25) is 0 Å². The minimum atomic E-state index is -0.610. The summed E-state index contributed by atoms with van der Waals surface area (Å²) in [6.07, 6.45) is 0. The lowest BCUT2D eigenvalue weighted by atomic mass is 9.94. The molecular formula is C19H19F2N3O. The Hall–Kier alpha value is -2.73. The van der Waals surface area contributed by atoms with Crippen LogP contribution in [-0.2, 0) is 7.05 Å². The van der Waals surface area contributed by atoms with Crippen molar-refractivity contribution in [3.63, 3.8) is 0 Å². The minimum Gasteiger partial charge on any atom is -0.497 e. The molecule has 2 N–H and O–H groups in total. The molecular weight excluding hydrogens is 324 g/mol. The monoisotopic (exact) mass is 343 g/mol. The van der Waals surface area contributed by atoms with E-state index in [1.165, 1.54) is 12.1 Å². The van der Waals surface area contributed by atoms with E-state index in [2.05, 4.69) is 5.10 Å². The lowest BCUT2D eigenvalue weighted by molar-refractivity contribution is 0.415. The van der Waals surface area contributed by atoms with Gasteiger partial charge in [-0.05, 0) is 42.0 Å². The Kier molecular flexibility index (Phi) is 4.81. The van der Waals surface area contributed by atoms with E-state index in [4.69, 9.17) is 10.5 Å². The molecule has 3 rings (SSSR count). The predicted octanol–water partition coefficient (Wildman–Crippen LogP) is 3.46. The normalized spacial score (nSPS) is 12.2. The molecule has 4 nitrogen and oxygen atoms in total. The number of ether oxygens (including phenoxy) is 1. The van der Waals surface area contributed by atoms with Gasteiger partial charge in [0.15, 0.2) is 0 Å². The summed E-state index contributed by atoms with van der Waals surface area (Å²) < 4.78 is 34.2. The molecule has 1 aromatic heterocycles. The van der Waals surface area contributed by atoms with Crippen LogP contribution >= 0.6 is 0 Å². The third-order valence-corrected chi connectivity index (χ3v) is 4.23. The van der Waals surface area contributed by atoms with Gasteiger partial charge in [-0.3, -0.25) is 4.68 Å². The van der Waals surface area contributed by atoms with Crippen molar-refractivity contribution in [2.75, 3.05) is 13.7 Å². The zero-order chi connectivity index (χ0) is 18.0. The van der Waals surface area contributed by atoms with Crippen LogP contribution in [0.1, 0.15) is 17.2 Å². The number of methoxy groups -OCH3 is 1. The van der Waals surface area contributed by atoms with Gasteiger partial charge in [-0.25, -0.2) is 8.78 Å². The van der Waals surface area contributed by atoms with Gasteiger partial charge in [-0.15, -0.1) is 0 Å². The molecule has 0 aliphatic rings. The molecule has 0 fully saturated rings. The Bertz CT molecular complexity index is 875. The third kappa shape index (κ3) is 3.39. The van der Waals surface area contributed by atoms with Gasteiger partial charge >= 0.3 is 0 Å². The maximum atomic E-state index is 14.2. The van der Waals surface area contributed by atoms with Crippen molar-refractivity contribution >= 4 is 0 Å². The summed E-state index contributed by atoms with van der Waals surface area (Å²) in [5, 5.41) is 4.50. The third-order valence-electron chi connectivity index (χ3n) is 4.23. The molecule has 0 spiro atoms. The molecule has 0 saturated heterocycles. The quantitative estimate of drug-likeness (QED) is 0.772. The van der Waals surface area contributed by atoms with Crippen molar-refractivity contribution < 1.29 is 13.5 Å². The molecule has 3 aromatic rings. The van der Waals surface area contributed by atoms with Crippen LogP contribution in [0.3, 0.4) is 0 Å². The van der Waals surface area contributed by atoms with Gasteiger partial charge in [-0.1, -0.05) is 6.07 Å². The molecule has 0 amide bonds. The first-order chi connectivity index (χ1) is 12.0. The highest BCUT2D eigenvalue weighted by molar-refractivity contribution is 5.61. The lowest BCUT2D eigenvalue weighted by Gasteiger charge is -2.16. The molecule has 1 atom stereocenters. The van der Waals surface area contributed by atoms with Crippen LogP contribution in [0.5, 0.6) is 5.75 Å². The lowest BCUT2D eigenvalue weighted by Crippen LogP contribution is -2.18. The van der Waals surface area contributed by atoms with E-state index in [0.717, 1.165) is 28.8 Å². The summed E-state index contributed by atoms with van der Waals surface area (Å²) in [6, 6.07) is 12.9. The Morgan fingerprint density at radius 3 is 2.44 bits per heavy atom. The molecule has 130 valence electrons. The van der Waals surface area contributed by atoms with Crippen molar-refractivity contribution in [3.05, 3.63) is 71.4 Å². The fourth-order valence-electron chi connectivity index (χ4n) is 2.90. The number of rotatable bonds is 5. The molecule has 1 unspecified atom stereocenters. The van der Waals surface area contributed by atoms with Gasteiger partial charge < -0.3 is 10.5 Å². The summed E-state index contributed by atoms with van der Waals surface area (Å²) in [4.78, 5) is 0. The van der Waals surface area contributed by atoms with Crippen LogP contribution in [0.25, 0.3) is 11.3 Å². The van der Waals surface area contributed by atoms with E-state index in [9.17, 15) is 8.78 Å². The first kappa shape index (κ1) is 17.1. The van der Waals surface area contributed by atoms with Gasteiger partial charge in [0.1, 0.15) is 17.4 Å². The zero-order valence-electron chi connectivity index (χ0n) is 14.0. The Balaban J connectivity index is 1.99. The number of aryl methyl sites for hydroxylation is 1. The van der Waals surface area contributed by atoms with E-state index >= 15 is 0 Å². The van der Waals surface area contributed by atoms with Crippen LogP contribution < -0.4 is 10.5 Å². The molecule has 25 heavy (non-hydrogen) atoms. The molecule has 1 heterocycles. The number of nitrogens with two attached hydrogens (primary N) is 1. The molecule has 0 aliphatic heterocycles. The summed E-state index contributed by atoms with van der Waals surface area (Å²) >= 11 is 0. The largest absolute Gasteiger partial charge is 0.497 e. The molecule has 2 aromatic carbocycles. The maximum absolute atomic E-state index is 14.2. The minimum absolute atomic E-state index is 0.185. The van der Waals surface area contributed by atoms with Gasteiger partial charge in [0, 0.05) is 36.8 Å². The summed E-state index contributed by atoms with van der Waals surface area (Å²) in [5.41, 5.74) is 8.66. The van der Waals surface area contributed by atoms with E-state index in [1.807, 2.05) is 30.3 Å². The fraction of sp³-hybridized carbons (Fsp3) is 0.211. The van der Waals surface area contributed by atoms with Crippen molar-refractivity contribution in [2.24, 2.45) is 12.8 Å². The Morgan fingerprint density at radius 1 is 1.12 bits per heavy atom. The number of aromatic nitrogens is 2. The summed E-state index contributed by atoms with van der Waals surface area (Å²) in [6.45, 7) is 0.185. The average molecular weight is 343 g/mol. The first-order valence-corrected chi connectivity index (χ1v) is 7.87.